The Bertz CT molecular complexity index is 507. The van der Waals surface area contributed by atoms with Gasteiger partial charge in [0.2, 0.25) is 0 Å². The first kappa shape index (κ1) is 20.4. The third-order valence-electron chi connectivity index (χ3n) is 2.42. The van der Waals surface area contributed by atoms with Crippen molar-refractivity contribution in [2.75, 3.05) is 12.9 Å². The van der Waals surface area contributed by atoms with Crippen molar-refractivity contribution in [1.29, 1.82) is 0 Å². The smallest absolute Gasteiger partial charge is 0.408 e. The van der Waals surface area contributed by atoms with Crippen LogP contribution in [-0.4, -0.2) is 50.1 Å². The number of ether oxygens (including phenoxy) is 1. The molecule has 2 atom stereocenters. The molecule has 0 saturated heterocycles. The molecule has 22 heavy (non-hydrogen) atoms. The lowest BCUT2D eigenvalue weighted by Crippen LogP contribution is -2.47. The van der Waals surface area contributed by atoms with Gasteiger partial charge in [0.25, 0.3) is 10.1 Å². The largest absolute Gasteiger partial charge is 0.480 e. The van der Waals surface area contributed by atoms with E-state index in [2.05, 4.69) is 16.1 Å². The number of amides is 1. The number of aliphatic carboxylic acids is 1. The quantitative estimate of drug-likeness (QED) is 0.503. The lowest BCUT2D eigenvalue weighted by molar-refractivity contribution is -0.140. The summed E-state index contributed by atoms with van der Waals surface area (Å²) in [7, 11) is -3.61. The highest BCUT2D eigenvalue weighted by Crippen LogP contribution is 2.14. The molecule has 0 aliphatic carbocycles. The molecule has 0 fully saturated rings. The average molecular weight is 337 g/mol. The summed E-state index contributed by atoms with van der Waals surface area (Å²) in [5, 5.41) is 11.4. The second-order valence-corrected chi connectivity index (χ2v) is 7.32. The van der Waals surface area contributed by atoms with Crippen LogP contribution in [0.25, 0.3) is 0 Å². The van der Waals surface area contributed by atoms with Crippen LogP contribution >= 0.6 is 0 Å². The molecule has 0 bridgehead atoms. The average Bonchev–Trinajstić information content (AvgIpc) is 2.28. The van der Waals surface area contributed by atoms with E-state index in [1.807, 2.05) is 0 Å². The van der Waals surface area contributed by atoms with Crippen molar-refractivity contribution in [2.24, 2.45) is 5.92 Å². The van der Waals surface area contributed by atoms with Gasteiger partial charge in [-0.05, 0) is 27.2 Å². The van der Waals surface area contributed by atoms with Crippen LogP contribution in [0.2, 0.25) is 0 Å². The minimum Gasteiger partial charge on any atom is -0.480 e. The number of alkyl carbamates (subject to hydrolysis) is 1. The molecule has 128 valence electrons. The minimum absolute atomic E-state index is 0.0589. The van der Waals surface area contributed by atoms with E-state index in [9.17, 15) is 23.1 Å². The van der Waals surface area contributed by atoms with Crippen molar-refractivity contribution in [3.05, 3.63) is 12.7 Å². The number of carboxylic acids is 1. The molecule has 0 aromatic heterocycles. The topological polar surface area (TPSA) is 119 Å². The molecule has 0 aliphatic heterocycles. The van der Waals surface area contributed by atoms with Gasteiger partial charge in [0, 0.05) is 5.92 Å². The Morgan fingerprint density at radius 3 is 2.27 bits per heavy atom. The van der Waals surface area contributed by atoms with Crippen LogP contribution in [-0.2, 0) is 23.8 Å². The van der Waals surface area contributed by atoms with Crippen LogP contribution in [0.15, 0.2) is 12.7 Å². The Morgan fingerprint density at radius 2 is 1.91 bits per heavy atom. The van der Waals surface area contributed by atoms with Crippen LogP contribution < -0.4 is 5.32 Å². The number of carboxylic acid groups (broad SMARTS) is 1. The second-order valence-electron chi connectivity index (χ2n) is 5.68. The standard InChI is InChI=1S/C13H23NO7S/c1-6-9(7-8-20-22(5,18)19)10(11(15)16)14-12(17)21-13(2,3)4/h6,9-10H,1,7-8H2,2-5H3,(H,14,17)(H,15,16)/t9-,10+/m1/s1. The number of carbonyl (C=O) groups is 2. The SMILES string of the molecule is C=C[C@H](CCOS(C)(=O)=O)[C@H](NC(=O)OC(C)(C)C)C(=O)O. The predicted octanol–water partition coefficient (Wildman–Crippen LogP) is 1.13. The van der Waals surface area contributed by atoms with Crippen LogP contribution in [0.4, 0.5) is 4.79 Å². The number of hydrogen-bond donors (Lipinski definition) is 2. The number of carbonyl (C=O) groups excluding carboxylic acids is 1. The summed E-state index contributed by atoms with van der Waals surface area (Å²) in [5.41, 5.74) is -0.768. The summed E-state index contributed by atoms with van der Waals surface area (Å²) in [6, 6.07) is -1.30. The van der Waals surface area contributed by atoms with Gasteiger partial charge in [-0.3, -0.25) is 4.18 Å². The zero-order valence-corrected chi connectivity index (χ0v) is 14.0. The van der Waals surface area contributed by atoms with Crippen molar-refractivity contribution in [2.45, 2.75) is 38.8 Å². The Morgan fingerprint density at radius 1 is 1.36 bits per heavy atom. The molecule has 0 rings (SSSR count). The summed E-state index contributed by atoms with van der Waals surface area (Å²) in [6.07, 6.45) is 1.39. The summed E-state index contributed by atoms with van der Waals surface area (Å²) in [5.74, 6) is -2.00. The highest BCUT2D eigenvalue weighted by Gasteiger charge is 2.29. The van der Waals surface area contributed by atoms with E-state index in [0.29, 0.717) is 0 Å². The fraction of sp³-hybridized carbons (Fsp3) is 0.692. The third kappa shape index (κ3) is 9.35. The zero-order chi connectivity index (χ0) is 17.6. The van der Waals surface area contributed by atoms with Gasteiger partial charge in [0.1, 0.15) is 11.6 Å². The molecule has 0 aliphatic rings. The van der Waals surface area contributed by atoms with Gasteiger partial charge in [-0.1, -0.05) is 6.08 Å². The molecule has 0 spiro atoms. The van der Waals surface area contributed by atoms with Gasteiger partial charge >= 0.3 is 12.1 Å². The lowest BCUT2D eigenvalue weighted by Gasteiger charge is -2.25. The van der Waals surface area contributed by atoms with E-state index in [-0.39, 0.29) is 13.0 Å². The Hall–Kier alpha value is -1.61. The molecule has 8 nitrogen and oxygen atoms in total. The van der Waals surface area contributed by atoms with Gasteiger partial charge in [-0.15, -0.1) is 6.58 Å². The van der Waals surface area contributed by atoms with Crippen LogP contribution in [0.3, 0.4) is 0 Å². The van der Waals surface area contributed by atoms with E-state index < -0.39 is 39.7 Å². The number of hydrogen-bond acceptors (Lipinski definition) is 6. The molecule has 0 radical (unpaired) electrons. The highest BCUT2D eigenvalue weighted by atomic mass is 32.2. The lowest BCUT2D eigenvalue weighted by atomic mass is 9.97. The molecule has 2 N–H and O–H groups in total. The van der Waals surface area contributed by atoms with Crippen LogP contribution in [0.1, 0.15) is 27.2 Å². The first-order chi connectivity index (χ1) is 9.85. The maximum Gasteiger partial charge on any atom is 0.408 e. The van der Waals surface area contributed by atoms with E-state index in [1.165, 1.54) is 6.08 Å². The van der Waals surface area contributed by atoms with Crippen molar-refractivity contribution < 1.29 is 32.0 Å². The van der Waals surface area contributed by atoms with Gasteiger partial charge in [0.05, 0.1) is 12.9 Å². The van der Waals surface area contributed by atoms with E-state index in [1.54, 1.807) is 20.8 Å². The molecule has 0 aromatic rings. The zero-order valence-electron chi connectivity index (χ0n) is 13.2. The van der Waals surface area contributed by atoms with Gasteiger partial charge in [0.15, 0.2) is 0 Å². The number of rotatable bonds is 8. The maximum atomic E-state index is 11.7. The molecule has 0 aromatic carbocycles. The van der Waals surface area contributed by atoms with Crippen molar-refractivity contribution in [3.63, 3.8) is 0 Å². The highest BCUT2D eigenvalue weighted by molar-refractivity contribution is 7.85. The van der Waals surface area contributed by atoms with Crippen molar-refractivity contribution in [1.82, 2.24) is 5.32 Å². The van der Waals surface area contributed by atoms with Gasteiger partial charge in [-0.25, -0.2) is 9.59 Å². The number of nitrogens with one attached hydrogen (secondary N) is 1. The van der Waals surface area contributed by atoms with Crippen molar-refractivity contribution in [3.8, 4) is 0 Å². The summed E-state index contributed by atoms with van der Waals surface area (Å²) in [4.78, 5) is 23.0. The Balaban J connectivity index is 4.78. The second kappa shape index (κ2) is 8.14. The fourth-order valence-electron chi connectivity index (χ4n) is 1.54. The molecular weight excluding hydrogens is 314 g/mol. The van der Waals surface area contributed by atoms with Crippen molar-refractivity contribution >= 4 is 22.2 Å². The third-order valence-corrected chi connectivity index (χ3v) is 3.01. The molecule has 1 amide bonds. The first-order valence-electron chi connectivity index (χ1n) is 6.55. The first-order valence-corrected chi connectivity index (χ1v) is 8.36. The van der Waals surface area contributed by atoms with Crippen LogP contribution in [0.5, 0.6) is 0 Å². The van der Waals surface area contributed by atoms with Gasteiger partial charge < -0.3 is 15.2 Å². The molecule has 0 unspecified atom stereocenters. The Labute approximate surface area is 130 Å². The van der Waals surface area contributed by atoms with E-state index >= 15 is 0 Å². The minimum atomic E-state index is -3.61. The van der Waals surface area contributed by atoms with E-state index in [0.717, 1.165) is 6.26 Å². The monoisotopic (exact) mass is 337 g/mol. The normalized spacial score (nSPS) is 14.7. The van der Waals surface area contributed by atoms with Crippen LogP contribution in [0, 0.1) is 5.92 Å². The van der Waals surface area contributed by atoms with E-state index in [4.69, 9.17) is 4.74 Å². The van der Waals surface area contributed by atoms with Gasteiger partial charge in [-0.2, -0.15) is 8.42 Å². The molecule has 0 saturated carbocycles. The maximum absolute atomic E-state index is 11.7. The summed E-state index contributed by atoms with van der Waals surface area (Å²) >= 11 is 0. The summed E-state index contributed by atoms with van der Waals surface area (Å²) in [6.45, 7) is 8.23. The fourth-order valence-corrected chi connectivity index (χ4v) is 1.94. The Kier molecular flexibility index (Phi) is 7.54. The molecule has 0 heterocycles. The predicted molar refractivity (Wildman–Crippen MR) is 79.9 cm³/mol. The molecule has 9 heteroatoms. The summed E-state index contributed by atoms with van der Waals surface area (Å²) < 4.78 is 31.3. The molecular formula is C13H23NO7S.